The lowest BCUT2D eigenvalue weighted by atomic mass is 10.0. The van der Waals surface area contributed by atoms with Gasteiger partial charge in [-0.15, -0.1) is 0 Å². The minimum absolute atomic E-state index is 0.154. The molecule has 0 fully saturated rings. The molecule has 2 aromatic rings. The number of nitrogens with two attached hydrogens (primary N) is 1. The van der Waals surface area contributed by atoms with Crippen LogP contribution in [0.2, 0.25) is 5.02 Å². The minimum Gasteiger partial charge on any atom is -0.329 e. The summed E-state index contributed by atoms with van der Waals surface area (Å²) in [4.78, 5) is 6.27. The van der Waals surface area contributed by atoms with Crippen molar-refractivity contribution in [2.45, 2.75) is 19.5 Å². The Morgan fingerprint density at radius 1 is 1.25 bits per heavy atom. The fraction of sp³-hybridized carbons (Fsp3) is 0.312. The molecular formula is C16H20ClN3. The van der Waals surface area contributed by atoms with Crippen molar-refractivity contribution in [2.24, 2.45) is 5.73 Å². The van der Waals surface area contributed by atoms with Crippen LogP contribution >= 0.6 is 11.6 Å². The highest BCUT2D eigenvalue weighted by molar-refractivity contribution is 6.31. The number of hydrogen-bond donors (Lipinski definition) is 1. The highest BCUT2D eigenvalue weighted by Crippen LogP contribution is 2.25. The van der Waals surface area contributed by atoms with Gasteiger partial charge in [0.25, 0.3) is 0 Å². The number of benzene rings is 1. The van der Waals surface area contributed by atoms with Crippen molar-refractivity contribution in [3.8, 4) is 0 Å². The molecule has 0 bridgehead atoms. The van der Waals surface area contributed by atoms with Crippen molar-refractivity contribution in [3.05, 3.63) is 64.4 Å². The van der Waals surface area contributed by atoms with E-state index in [-0.39, 0.29) is 6.04 Å². The van der Waals surface area contributed by atoms with Gasteiger partial charge in [-0.05, 0) is 48.9 Å². The second-order valence-corrected chi connectivity index (χ2v) is 5.44. The molecule has 1 unspecified atom stereocenters. The first-order valence-corrected chi connectivity index (χ1v) is 7.05. The Morgan fingerprint density at radius 3 is 2.55 bits per heavy atom. The zero-order valence-corrected chi connectivity index (χ0v) is 12.6. The lowest BCUT2D eigenvalue weighted by molar-refractivity contribution is 0.242. The van der Waals surface area contributed by atoms with E-state index in [0.29, 0.717) is 6.54 Å². The maximum atomic E-state index is 6.21. The van der Waals surface area contributed by atoms with E-state index in [9.17, 15) is 0 Å². The van der Waals surface area contributed by atoms with E-state index in [1.54, 1.807) is 0 Å². The molecule has 1 heterocycles. The maximum Gasteiger partial charge on any atom is 0.0471 e. The third kappa shape index (κ3) is 3.57. The quantitative estimate of drug-likeness (QED) is 0.919. The van der Waals surface area contributed by atoms with Gasteiger partial charge in [-0.3, -0.25) is 9.88 Å². The summed E-state index contributed by atoms with van der Waals surface area (Å²) in [5, 5.41) is 0.790. The van der Waals surface area contributed by atoms with Crippen molar-refractivity contribution >= 4 is 11.6 Å². The van der Waals surface area contributed by atoms with E-state index < -0.39 is 0 Å². The van der Waals surface area contributed by atoms with Crippen LogP contribution in [0.5, 0.6) is 0 Å². The Morgan fingerprint density at radius 2 is 1.95 bits per heavy atom. The molecule has 1 atom stereocenters. The Hall–Kier alpha value is -1.42. The van der Waals surface area contributed by atoms with Crippen LogP contribution in [0.3, 0.4) is 0 Å². The number of aromatic nitrogens is 1. The van der Waals surface area contributed by atoms with Crippen molar-refractivity contribution in [2.75, 3.05) is 13.6 Å². The van der Waals surface area contributed by atoms with Crippen molar-refractivity contribution < 1.29 is 0 Å². The molecule has 0 aliphatic carbocycles. The molecule has 2 N–H and O–H groups in total. The standard InChI is InChI=1S/C16H20ClN3/c1-12-3-4-14(9-15(12)17)16(10-18)20(2)11-13-5-7-19-8-6-13/h3-9,16H,10-11,18H2,1-2H3. The molecule has 4 heteroatoms. The number of likely N-dealkylation sites (N-methyl/N-ethyl adjacent to an activating group) is 1. The largest absolute Gasteiger partial charge is 0.329 e. The molecule has 0 spiro atoms. The predicted octanol–water partition coefficient (Wildman–Crippen LogP) is 3.18. The summed E-state index contributed by atoms with van der Waals surface area (Å²) in [6.07, 6.45) is 3.62. The molecule has 0 radical (unpaired) electrons. The Balaban J connectivity index is 2.16. The molecule has 0 amide bonds. The number of hydrogen-bond acceptors (Lipinski definition) is 3. The first kappa shape index (κ1) is 15.0. The number of pyridine rings is 1. The Bertz CT molecular complexity index is 557. The van der Waals surface area contributed by atoms with Gasteiger partial charge in [0.15, 0.2) is 0 Å². The van der Waals surface area contributed by atoms with E-state index in [2.05, 4.69) is 23.0 Å². The lowest BCUT2D eigenvalue weighted by Crippen LogP contribution is -2.30. The molecule has 0 aliphatic rings. The fourth-order valence-electron chi connectivity index (χ4n) is 2.27. The molecule has 0 saturated carbocycles. The van der Waals surface area contributed by atoms with Gasteiger partial charge in [-0.2, -0.15) is 0 Å². The monoisotopic (exact) mass is 289 g/mol. The molecule has 1 aromatic carbocycles. The van der Waals surface area contributed by atoms with Gasteiger partial charge in [0.2, 0.25) is 0 Å². The van der Waals surface area contributed by atoms with Crippen LogP contribution in [0.1, 0.15) is 22.7 Å². The van der Waals surface area contributed by atoms with E-state index in [0.717, 1.165) is 22.7 Å². The Kier molecular flexibility index (Phi) is 5.12. The molecule has 3 nitrogen and oxygen atoms in total. The van der Waals surface area contributed by atoms with Crippen molar-refractivity contribution in [1.29, 1.82) is 0 Å². The average molecular weight is 290 g/mol. The predicted molar refractivity (Wildman–Crippen MR) is 83.7 cm³/mol. The molecule has 1 aromatic heterocycles. The first-order chi connectivity index (χ1) is 9.61. The first-order valence-electron chi connectivity index (χ1n) is 6.67. The molecule has 106 valence electrons. The molecule has 0 saturated heterocycles. The molecule has 2 rings (SSSR count). The highest BCUT2D eigenvalue weighted by atomic mass is 35.5. The zero-order chi connectivity index (χ0) is 14.5. The number of halogens is 1. The van der Waals surface area contributed by atoms with Crippen LogP contribution in [0.4, 0.5) is 0 Å². The van der Waals surface area contributed by atoms with E-state index >= 15 is 0 Å². The topological polar surface area (TPSA) is 42.1 Å². The van der Waals surface area contributed by atoms with Gasteiger partial charge in [0, 0.05) is 36.5 Å². The summed E-state index contributed by atoms with van der Waals surface area (Å²) in [6, 6.07) is 10.3. The van der Waals surface area contributed by atoms with Crippen LogP contribution in [0, 0.1) is 6.92 Å². The summed E-state index contributed by atoms with van der Waals surface area (Å²) in [6.45, 7) is 3.39. The van der Waals surface area contributed by atoms with E-state index in [1.807, 2.05) is 43.6 Å². The number of rotatable bonds is 5. The summed E-state index contributed by atoms with van der Waals surface area (Å²) >= 11 is 6.21. The average Bonchev–Trinajstić information content (AvgIpc) is 2.44. The Labute approximate surface area is 125 Å². The van der Waals surface area contributed by atoms with Gasteiger partial charge in [-0.25, -0.2) is 0 Å². The van der Waals surface area contributed by atoms with Crippen molar-refractivity contribution in [3.63, 3.8) is 0 Å². The van der Waals surface area contributed by atoms with Gasteiger partial charge in [0.05, 0.1) is 0 Å². The summed E-state index contributed by atoms with van der Waals surface area (Å²) in [5.74, 6) is 0. The third-order valence-electron chi connectivity index (χ3n) is 3.52. The highest BCUT2D eigenvalue weighted by Gasteiger charge is 2.16. The fourth-order valence-corrected chi connectivity index (χ4v) is 2.46. The lowest BCUT2D eigenvalue weighted by Gasteiger charge is -2.27. The van der Waals surface area contributed by atoms with Gasteiger partial charge >= 0.3 is 0 Å². The van der Waals surface area contributed by atoms with E-state index in [4.69, 9.17) is 17.3 Å². The number of aryl methyl sites for hydroxylation is 1. The van der Waals surface area contributed by atoms with E-state index in [1.165, 1.54) is 5.56 Å². The second kappa shape index (κ2) is 6.84. The van der Waals surface area contributed by atoms with Crippen LogP contribution in [0.25, 0.3) is 0 Å². The minimum atomic E-state index is 0.154. The van der Waals surface area contributed by atoms with Crippen LogP contribution in [-0.4, -0.2) is 23.5 Å². The summed E-state index contributed by atoms with van der Waals surface area (Å²) in [5.41, 5.74) is 9.41. The van der Waals surface area contributed by atoms with Crippen LogP contribution in [-0.2, 0) is 6.54 Å². The smallest absolute Gasteiger partial charge is 0.0471 e. The van der Waals surface area contributed by atoms with Gasteiger partial charge in [-0.1, -0.05) is 23.7 Å². The van der Waals surface area contributed by atoms with Gasteiger partial charge < -0.3 is 5.73 Å². The number of nitrogens with zero attached hydrogens (tertiary/aromatic N) is 2. The SMILES string of the molecule is Cc1ccc(C(CN)N(C)Cc2ccncc2)cc1Cl. The summed E-state index contributed by atoms with van der Waals surface area (Å²) < 4.78 is 0. The van der Waals surface area contributed by atoms with Crippen molar-refractivity contribution in [1.82, 2.24) is 9.88 Å². The second-order valence-electron chi connectivity index (χ2n) is 5.03. The van der Waals surface area contributed by atoms with Gasteiger partial charge in [0.1, 0.15) is 0 Å². The third-order valence-corrected chi connectivity index (χ3v) is 3.92. The normalized spacial score (nSPS) is 12.7. The summed E-state index contributed by atoms with van der Waals surface area (Å²) in [7, 11) is 2.08. The maximum absolute atomic E-state index is 6.21. The van der Waals surface area contributed by atoms with Crippen LogP contribution in [0.15, 0.2) is 42.7 Å². The zero-order valence-electron chi connectivity index (χ0n) is 11.9. The molecule has 20 heavy (non-hydrogen) atoms. The molecule has 0 aliphatic heterocycles. The molecular weight excluding hydrogens is 270 g/mol. The van der Waals surface area contributed by atoms with Crippen LogP contribution < -0.4 is 5.73 Å².